The summed E-state index contributed by atoms with van der Waals surface area (Å²) in [6.07, 6.45) is -0.558. The summed E-state index contributed by atoms with van der Waals surface area (Å²) in [5.41, 5.74) is 2.09. The number of halogens is 1. The van der Waals surface area contributed by atoms with Crippen molar-refractivity contribution < 1.29 is 9.53 Å². The van der Waals surface area contributed by atoms with Crippen LogP contribution < -0.4 is 5.32 Å². The molecule has 0 aliphatic carbocycles. The molecule has 0 saturated heterocycles. The van der Waals surface area contributed by atoms with Crippen molar-refractivity contribution in [1.29, 1.82) is 0 Å². The highest BCUT2D eigenvalue weighted by Gasteiger charge is 2.18. The molecule has 0 aliphatic rings. The van der Waals surface area contributed by atoms with Crippen molar-refractivity contribution >= 4 is 29.3 Å². The average Bonchev–Trinajstić information content (AvgIpc) is 2.58. The lowest BCUT2D eigenvalue weighted by atomic mass is 10.1. The maximum absolute atomic E-state index is 12.2. The largest absolute Gasteiger partial charge is 0.367 e. The third kappa shape index (κ3) is 5.90. The van der Waals surface area contributed by atoms with Crippen LogP contribution in [0.25, 0.3) is 0 Å². The van der Waals surface area contributed by atoms with Gasteiger partial charge >= 0.3 is 0 Å². The molecule has 0 spiro atoms. The Morgan fingerprint density at radius 2 is 1.87 bits per heavy atom. The average molecular weight is 350 g/mol. The van der Waals surface area contributed by atoms with Gasteiger partial charge < -0.3 is 10.1 Å². The molecule has 1 amide bonds. The SMILES string of the molecule is CO[C@H](C(=O)NCCSCc1ccc(Cl)cc1)c1ccccc1. The van der Waals surface area contributed by atoms with E-state index < -0.39 is 6.10 Å². The Kier molecular flexibility index (Phi) is 7.46. The molecule has 0 aromatic heterocycles. The van der Waals surface area contributed by atoms with E-state index in [0.717, 1.165) is 22.1 Å². The molecule has 3 nitrogen and oxygen atoms in total. The number of carbonyl (C=O) groups excluding carboxylic acids is 1. The number of amides is 1. The molecule has 2 aromatic carbocycles. The van der Waals surface area contributed by atoms with Gasteiger partial charge in [-0.3, -0.25) is 4.79 Å². The second kappa shape index (κ2) is 9.60. The van der Waals surface area contributed by atoms with Gasteiger partial charge in [-0.1, -0.05) is 54.1 Å². The van der Waals surface area contributed by atoms with E-state index in [0.29, 0.717) is 6.54 Å². The molecule has 0 fully saturated rings. The first kappa shape index (κ1) is 17.9. The molecule has 2 rings (SSSR count). The zero-order valence-corrected chi connectivity index (χ0v) is 14.6. The van der Waals surface area contributed by atoms with Crippen LogP contribution in [0.1, 0.15) is 17.2 Å². The van der Waals surface area contributed by atoms with Crippen molar-refractivity contribution in [2.24, 2.45) is 0 Å². The van der Waals surface area contributed by atoms with Crippen molar-refractivity contribution in [1.82, 2.24) is 5.32 Å². The molecule has 0 radical (unpaired) electrons. The normalized spacial score (nSPS) is 11.9. The standard InChI is InChI=1S/C18H20ClNO2S/c1-22-17(15-5-3-2-4-6-15)18(21)20-11-12-23-13-14-7-9-16(19)10-8-14/h2-10,17H,11-13H2,1H3,(H,20,21)/t17-/m0/s1. The highest BCUT2D eigenvalue weighted by atomic mass is 35.5. The molecule has 5 heteroatoms. The van der Waals surface area contributed by atoms with Gasteiger partial charge in [0.2, 0.25) is 0 Å². The second-order valence-corrected chi connectivity index (χ2v) is 6.54. The maximum atomic E-state index is 12.2. The summed E-state index contributed by atoms with van der Waals surface area (Å²) < 4.78 is 5.30. The first-order valence-electron chi connectivity index (χ1n) is 7.38. The highest BCUT2D eigenvalue weighted by molar-refractivity contribution is 7.98. The monoisotopic (exact) mass is 349 g/mol. The van der Waals surface area contributed by atoms with Crippen molar-refractivity contribution in [3.05, 3.63) is 70.7 Å². The molecule has 0 heterocycles. The third-order valence-corrected chi connectivity index (χ3v) is 4.59. The van der Waals surface area contributed by atoms with E-state index in [2.05, 4.69) is 5.32 Å². The maximum Gasteiger partial charge on any atom is 0.253 e. The van der Waals surface area contributed by atoms with E-state index in [1.807, 2.05) is 54.6 Å². The van der Waals surface area contributed by atoms with Crippen LogP contribution in [-0.2, 0) is 15.3 Å². The van der Waals surface area contributed by atoms with Crippen molar-refractivity contribution in [2.75, 3.05) is 19.4 Å². The zero-order chi connectivity index (χ0) is 16.5. The van der Waals surface area contributed by atoms with Crippen LogP contribution in [0, 0.1) is 0 Å². The number of hydrogen-bond acceptors (Lipinski definition) is 3. The van der Waals surface area contributed by atoms with Gasteiger partial charge in [0.1, 0.15) is 0 Å². The number of hydrogen-bond donors (Lipinski definition) is 1. The molecule has 1 atom stereocenters. The minimum atomic E-state index is -0.558. The Morgan fingerprint density at radius 3 is 2.52 bits per heavy atom. The number of benzene rings is 2. The number of methoxy groups -OCH3 is 1. The van der Waals surface area contributed by atoms with E-state index in [1.54, 1.807) is 18.9 Å². The van der Waals surface area contributed by atoms with Gasteiger partial charge in [-0.05, 0) is 23.3 Å². The fourth-order valence-electron chi connectivity index (χ4n) is 2.13. The van der Waals surface area contributed by atoms with Gasteiger partial charge in [-0.2, -0.15) is 11.8 Å². The summed E-state index contributed by atoms with van der Waals surface area (Å²) in [5.74, 6) is 1.64. The Bertz CT molecular complexity index is 604. The predicted molar refractivity (Wildman–Crippen MR) is 96.8 cm³/mol. The fraction of sp³-hybridized carbons (Fsp3) is 0.278. The third-order valence-electron chi connectivity index (χ3n) is 3.30. The Morgan fingerprint density at radius 1 is 1.17 bits per heavy atom. The molecule has 0 unspecified atom stereocenters. The van der Waals surface area contributed by atoms with Gasteiger partial charge in [-0.25, -0.2) is 0 Å². The Labute approximate surface area is 146 Å². The number of thioether (sulfide) groups is 1. The minimum absolute atomic E-state index is 0.106. The molecular weight excluding hydrogens is 330 g/mol. The molecule has 23 heavy (non-hydrogen) atoms. The lowest BCUT2D eigenvalue weighted by Crippen LogP contribution is -2.32. The molecule has 122 valence electrons. The molecule has 2 aromatic rings. The quantitative estimate of drug-likeness (QED) is 0.730. The molecule has 1 N–H and O–H groups in total. The van der Waals surface area contributed by atoms with E-state index >= 15 is 0 Å². The summed E-state index contributed by atoms with van der Waals surface area (Å²) in [7, 11) is 1.55. The predicted octanol–water partition coefficient (Wildman–Crippen LogP) is 4.08. The summed E-state index contributed by atoms with van der Waals surface area (Å²) in [6.45, 7) is 0.615. The van der Waals surface area contributed by atoms with Gasteiger partial charge in [0, 0.05) is 30.2 Å². The molecule has 0 bridgehead atoms. The Balaban J connectivity index is 1.70. The van der Waals surface area contributed by atoms with Crippen molar-refractivity contribution in [3.63, 3.8) is 0 Å². The van der Waals surface area contributed by atoms with E-state index in [1.165, 1.54) is 5.56 Å². The van der Waals surface area contributed by atoms with Gasteiger partial charge in [-0.15, -0.1) is 0 Å². The van der Waals surface area contributed by atoms with Gasteiger partial charge in [0.25, 0.3) is 5.91 Å². The second-order valence-electron chi connectivity index (χ2n) is 5.00. The minimum Gasteiger partial charge on any atom is -0.367 e. The zero-order valence-electron chi connectivity index (χ0n) is 13.0. The fourth-order valence-corrected chi connectivity index (χ4v) is 3.08. The topological polar surface area (TPSA) is 38.3 Å². The molecular formula is C18H20ClNO2S. The van der Waals surface area contributed by atoms with Crippen LogP contribution in [0.5, 0.6) is 0 Å². The van der Waals surface area contributed by atoms with Crippen LogP contribution in [0.2, 0.25) is 5.02 Å². The van der Waals surface area contributed by atoms with Crippen molar-refractivity contribution in [2.45, 2.75) is 11.9 Å². The first-order valence-corrected chi connectivity index (χ1v) is 8.91. The summed E-state index contributed by atoms with van der Waals surface area (Å²) in [6, 6.07) is 17.3. The number of carbonyl (C=O) groups is 1. The van der Waals surface area contributed by atoms with E-state index in [4.69, 9.17) is 16.3 Å². The smallest absolute Gasteiger partial charge is 0.253 e. The van der Waals surface area contributed by atoms with Crippen LogP contribution >= 0.6 is 23.4 Å². The van der Waals surface area contributed by atoms with Crippen LogP contribution in [0.15, 0.2) is 54.6 Å². The molecule has 0 saturated carbocycles. The summed E-state index contributed by atoms with van der Waals surface area (Å²) in [4.78, 5) is 12.2. The van der Waals surface area contributed by atoms with Crippen LogP contribution in [-0.4, -0.2) is 25.3 Å². The highest BCUT2D eigenvalue weighted by Crippen LogP contribution is 2.17. The van der Waals surface area contributed by atoms with Crippen LogP contribution in [0.3, 0.4) is 0 Å². The van der Waals surface area contributed by atoms with Crippen LogP contribution in [0.4, 0.5) is 0 Å². The summed E-state index contributed by atoms with van der Waals surface area (Å²) >= 11 is 7.63. The Hall–Kier alpha value is -1.49. The van der Waals surface area contributed by atoms with E-state index in [-0.39, 0.29) is 5.91 Å². The lowest BCUT2D eigenvalue weighted by molar-refractivity contribution is -0.131. The first-order chi connectivity index (χ1) is 11.2. The lowest BCUT2D eigenvalue weighted by Gasteiger charge is -2.15. The number of ether oxygens (including phenoxy) is 1. The van der Waals surface area contributed by atoms with Gasteiger partial charge in [0.05, 0.1) is 0 Å². The van der Waals surface area contributed by atoms with Gasteiger partial charge in [0.15, 0.2) is 6.10 Å². The number of rotatable bonds is 8. The number of nitrogens with one attached hydrogen (secondary N) is 1. The van der Waals surface area contributed by atoms with Crippen molar-refractivity contribution in [3.8, 4) is 0 Å². The van der Waals surface area contributed by atoms with E-state index in [9.17, 15) is 4.79 Å². The summed E-state index contributed by atoms with van der Waals surface area (Å²) in [5, 5.41) is 3.67. The molecule has 0 aliphatic heterocycles.